The fourth-order valence-corrected chi connectivity index (χ4v) is 1.65. The summed E-state index contributed by atoms with van der Waals surface area (Å²) in [6, 6.07) is 0. The summed E-state index contributed by atoms with van der Waals surface area (Å²) in [4.78, 5) is 0. The molecule has 12 heavy (non-hydrogen) atoms. The first-order chi connectivity index (χ1) is 5.24. The van der Waals surface area contributed by atoms with E-state index in [0.29, 0.717) is 6.61 Å². The third-order valence-corrected chi connectivity index (χ3v) is 2.61. The molecular formula is C9H22ClNO. The van der Waals surface area contributed by atoms with Crippen LogP contribution in [0, 0.1) is 0 Å². The molecule has 0 fully saturated rings. The molecule has 76 valence electrons. The van der Waals surface area contributed by atoms with Crippen LogP contribution in [0.15, 0.2) is 0 Å². The highest BCUT2D eigenvalue weighted by Crippen LogP contribution is 2.06. The molecule has 0 spiro atoms. The van der Waals surface area contributed by atoms with E-state index < -0.39 is 0 Å². The Bertz CT molecular complexity index is 86.5. The third kappa shape index (κ3) is 4.29. The molecule has 0 aliphatic rings. The number of rotatable bonds is 6. The summed E-state index contributed by atoms with van der Waals surface area (Å²) in [7, 11) is 0. The zero-order chi connectivity index (χ0) is 8.74. The lowest BCUT2D eigenvalue weighted by Gasteiger charge is -2.36. The van der Waals surface area contributed by atoms with Crippen LogP contribution in [0.4, 0.5) is 0 Å². The van der Waals surface area contributed by atoms with E-state index in [-0.39, 0.29) is 12.4 Å². The van der Waals surface area contributed by atoms with Crippen molar-refractivity contribution in [1.82, 2.24) is 0 Å². The molecule has 0 aliphatic carbocycles. The van der Waals surface area contributed by atoms with Crippen molar-refractivity contribution in [3.63, 3.8) is 0 Å². The Labute approximate surface area is 82.6 Å². The molecule has 0 aromatic heterocycles. The van der Waals surface area contributed by atoms with E-state index in [1.807, 2.05) is 0 Å². The fraction of sp³-hybridized carbons (Fsp3) is 1.00. The minimum atomic E-state index is 0. The van der Waals surface area contributed by atoms with Crippen molar-refractivity contribution in [2.45, 2.75) is 27.2 Å². The lowest BCUT2D eigenvalue weighted by molar-refractivity contribution is -0.925. The number of halogens is 1. The van der Waals surface area contributed by atoms with Gasteiger partial charge in [-0.3, -0.25) is 0 Å². The van der Waals surface area contributed by atoms with Crippen LogP contribution in [0.2, 0.25) is 0 Å². The summed E-state index contributed by atoms with van der Waals surface area (Å²) in [5.41, 5.74) is 0. The van der Waals surface area contributed by atoms with Crippen LogP contribution in [0.25, 0.3) is 0 Å². The molecular weight excluding hydrogens is 174 g/mol. The largest absolute Gasteiger partial charge is 1.00 e. The maximum absolute atomic E-state index is 8.88. The molecule has 0 bridgehead atoms. The van der Waals surface area contributed by atoms with Crippen molar-refractivity contribution in [3.05, 3.63) is 0 Å². The Morgan fingerprint density at radius 3 is 1.75 bits per heavy atom. The van der Waals surface area contributed by atoms with Crippen molar-refractivity contribution in [2.75, 3.05) is 32.8 Å². The van der Waals surface area contributed by atoms with Gasteiger partial charge in [-0.2, -0.15) is 0 Å². The zero-order valence-electron chi connectivity index (χ0n) is 8.52. The molecule has 0 rings (SSSR count). The fourth-order valence-electron chi connectivity index (χ4n) is 1.65. The number of quaternary nitrogens is 1. The highest BCUT2D eigenvalue weighted by atomic mass is 35.5. The summed E-state index contributed by atoms with van der Waals surface area (Å²) >= 11 is 0. The lowest BCUT2D eigenvalue weighted by Crippen LogP contribution is -3.00. The Balaban J connectivity index is 0. The van der Waals surface area contributed by atoms with Gasteiger partial charge >= 0.3 is 0 Å². The Morgan fingerprint density at radius 1 is 1.00 bits per heavy atom. The van der Waals surface area contributed by atoms with Crippen LogP contribution in [0.5, 0.6) is 0 Å². The van der Waals surface area contributed by atoms with Crippen LogP contribution in [-0.4, -0.2) is 42.4 Å². The molecule has 0 amide bonds. The van der Waals surface area contributed by atoms with E-state index in [4.69, 9.17) is 5.11 Å². The molecule has 2 nitrogen and oxygen atoms in total. The maximum Gasteiger partial charge on any atom is 0.102 e. The van der Waals surface area contributed by atoms with Gasteiger partial charge in [-0.1, -0.05) is 6.92 Å². The second kappa shape index (κ2) is 7.84. The van der Waals surface area contributed by atoms with Crippen molar-refractivity contribution in [1.29, 1.82) is 0 Å². The Kier molecular flexibility index (Phi) is 9.61. The van der Waals surface area contributed by atoms with Gasteiger partial charge in [0.2, 0.25) is 0 Å². The highest BCUT2D eigenvalue weighted by molar-refractivity contribution is 4.38. The van der Waals surface area contributed by atoms with Crippen molar-refractivity contribution < 1.29 is 22.0 Å². The summed E-state index contributed by atoms with van der Waals surface area (Å²) in [6.07, 6.45) is 1.21. The van der Waals surface area contributed by atoms with E-state index in [0.717, 1.165) is 24.1 Å². The summed E-state index contributed by atoms with van der Waals surface area (Å²) in [6.45, 7) is 11.3. The molecule has 3 heteroatoms. The van der Waals surface area contributed by atoms with Crippen LogP contribution in [0.1, 0.15) is 27.2 Å². The average molecular weight is 196 g/mol. The van der Waals surface area contributed by atoms with Crippen molar-refractivity contribution >= 4 is 0 Å². The van der Waals surface area contributed by atoms with Gasteiger partial charge in [0.05, 0.1) is 26.2 Å². The Hall–Kier alpha value is 0.210. The minimum absolute atomic E-state index is 0. The van der Waals surface area contributed by atoms with E-state index in [9.17, 15) is 0 Å². The standard InChI is InChI=1S/C9H22NO.ClH/c1-4-7-10(5-2,6-3)8-9-11;/h11H,4-9H2,1-3H3;1H/q+1;/p-1. The van der Waals surface area contributed by atoms with E-state index in [1.54, 1.807) is 0 Å². The normalized spacial score (nSPS) is 11.0. The molecule has 0 radical (unpaired) electrons. The molecule has 0 aromatic carbocycles. The number of aliphatic hydroxyl groups is 1. The number of aliphatic hydroxyl groups excluding tert-OH is 1. The summed E-state index contributed by atoms with van der Waals surface area (Å²) in [5, 5.41) is 8.88. The number of nitrogens with zero attached hydrogens (tertiary/aromatic N) is 1. The molecule has 0 aliphatic heterocycles. The minimum Gasteiger partial charge on any atom is -1.00 e. The van der Waals surface area contributed by atoms with E-state index >= 15 is 0 Å². The van der Waals surface area contributed by atoms with Gasteiger partial charge in [0, 0.05) is 0 Å². The average Bonchev–Trinajstić information content (AvgIpc) is 2.04. The number of hydrogen-bond donors (Lipinski definition) is 1. The maximum atomic E-state index is 8.88. The van der Waals surface area contributed by atoms with Crippen LogP contribution < -0.4 is 12.4 Å². The van der Waals surface area contributed by atoms with E-state index in [2.05, 4.69) is 20.8 Å². The monoisotopic (exact) mass is 195 g/mol. The van der Waals surface area contributed by atoms with Crippen molar-refractivity contribution in [2.24, 2.45) is 0 Å². The van der Waals surface area contributed by atoms with Crippen LogP contribution in [-0.2, 0) is 0 Å². The summed E-state index contributed by atoms with van der Waals surface area (Å²) < 4.78 is 1.08. The van der Waals surface area contributed by atoms with Gasteiger partial charge in [-0.05, 0) is 20.3 Å². The third-order valence-electron chi connectivity index (χ3n) is 2.61. The first-order valence-electron chi connectivity index (χ1n) is 4.70. The number of likely N-dealkylation sites (N-methyl/N-ethyl adjacent to an activating group) is 1. The van der Waals surface area contributed by atoms with Gasteiger partial charge in [0.25, 0.3) is 0 Å². The molecule has 0 atom stereocenters. The predicted molar refractivity (Wildman–Crippen MR) is 48.5 cm³/mol. The molecule has 1 N–H and O–H groups in total. The molecule has 0 aromatic rings. The first kappa shape index (κ1) is 14.7. The van der Waals surface area contributed by atoms with Gasteiger partial charge < -0.3 is 22.0 Å². The predicted octanol–water partition coefficient (Wildman–Crippen LogP) is -1.75. The second-order valence-corrected chi connectivity index (χ2v) is 3.14. The lowest BCUT2D eigenvalue weighted by atomic mass is 10.3. The quantitative estimate of drug-likeness (QED) is 0.499. The highest BCUT2D eigenvalue weighted by Gasteiger charge is 2.20. The van der Waals surface area contributed by atoms with Gasteiger partial charge in [0.1, 0.15) is 6.54 Å². The van der Waals surface area contributed by atoms with Crippen molar-refractivity contribution in [3.8, 4) is 0 Å². The van der Waals surface area contributed by atoms with Gasteiger partial charge in [0.15, 0.2) is 0 Å². The Morgan fingerprint density at radius 2 is 1.50 bits per heavy atom. The summed E-state index contributed by atoms with van der Waals surface area (Å²) in [5.74, 6) is 0. The van der Waals surface area contributed by atoms with Crippen LogP contribution >= 0.6 is 0 Å². The number of hydrogen-bond acceptors (Lipinski definition) is 1. The SMILES string of the molecule is CCC[N+](CC)(CC)CCO.[Cl-]. The molecule has 0 unspecified atom stereocenters. The topological polar surface area (TPSA) is 20.2 Å². The molecule has 0 saturated carbocycles. The molecule has 0 saturated heterocycles. The van der Waals surface area contributed by atoms with Gasteiger partial charge in [-0.25, -0.2) is 0 Å². The van der Waals surface area contributed by atoms with Crippen LogP contribution in [0.3, 0.4) is 0 Å². The smallest absolute Gasteiger partial charge is 0.102 e. The first-order valence-corrected chi connectivity index (χ1v) is 4.70. The molecule has 0 heterocycles. The van der Waals surface area contributed by atoms with E-state index in [1.165, 1.54) is 13.0 Å². The zero-order valence-corrected chi connectivity index (χ0v) is 9.27. The van der Waals surface area contributed by atoms with Gasteiger partial charge in [-0.15, -0.1) is 0 Å². The second-order valence-electron chi connectivity index (χ2n) is 3.14.